The lowest BCUT2D eigenvalue weighted by Crippen LogP contribution is -1.99. The molecule has 2 rings (SSSR count). The van der Waals surface area contributed by atoms with Gasteiger partial charge in [0.2, 0.25) is 5.65 Å². The molecule has 0 fully saturated rings. The number of carboxylic acid groups (broad SMARTS) is 1. The number of aromatic nitrogens is 2. The SMILES string of the molecule is CSc1nc2nc(C(=O)O)ccc2o1. The van der Waals surface area contributed by atoms with Crippen LogP contribution in [0.15, 0.2) is 21.8 Å². The van der Waals surface area contributed by atoms with E-state index in [1.54, 1.807) is 6.07 Å². The van der Waals surface area contributed by atoms with Gasteiger partial charge in [0.15, 0.2) is 11.3 Å². The van der Waals surface area contributed by atoms with Gasteiger partial charge in [0.1, 0.15) is 0 Å². The largest absolute Gasteiger partial charge is 0.477 e. The molecule has 2 aromatic rings. The third-order valence-corrected chi connectivity index (χ3v) is 2.15. The van der Waals surface area contributed by atoms with Gasteiger partial charge in [0.25, 0.3) is 5.22 Å². The van der Waals surface area contributed by atoms with Crippen LogP contribution in [0.2, 0.25) is 0 Å². The minimum Gasteiger partial charge on any atom is -0.477 e. The molecule has 0 atom stereocenters. The highest BCUT2D eigenvalue weighted by Gasteiger charge is 2.10. The van der Waals surface area contributed by atoms with Gasteiger partial charge >= 0.3 is 5.97 Å². The number of fused-ring (bicyclic) bond motifs is 1. The average Bonchev–Trinajstić information content (AvgIpc) is 2.58. The maximum atomic E-state index is 10.6. The lowest BCUT2D eigenvalue weighted by Gasteiger charge is -1.90. The van der Waals surface area contributed by atoms with Crippen molar-refractivity contribution < 1.29 is 14.3 Å². The summed E-state index contributed by atoms with van der Waals surface area (Å²) >= 11 is 1.34. The zero-order chi connectivity index (χ0) is 10.1. The van der Waals surface area contributed by atoms with E-state index in [1.807, 2.05) is 6.26 Å². The number of hydrogen-bond acceptors (Lipinski definition) is 5. The molecular weight excluding hydrogens is 204 g/mol. The third kappa shape index (κ3) is 1.44. The van der Waals surface area contributed by atoms with E-state index >= 15 is 0 Å². The van der Waals surface area contributed by atoms with Crippen molar-refractivity contribution in [2.24, 2.45) is 0 Å². The molecule has 0 amide bonds. The maximum absolute atomic E-state index is 10.6. The topological polar surface area (TPSA) is 76.2 Å². The van der Waals surface area contributed by atoms with Gasteiger partial charge in [0.05, 0.1) is 0 Å². The second-order valence-electron chi connectivity index (χ2n) is 2.51. The fraction of sp³-hybridized carbons (Fsp3) is 0.125. The van der Waals surface area contributed by atoms with Crippen LogP contribution >= 0.6 is 11.8 Å². The van der Waals surface area contributed by atoms with Crippen LogP contribution in [0.5, 0.6) is 0 Å². The van der Waals surface area contributed by atoms with Crippen LogP contribution in [-0.4, -0.2) is 27.3 Å². The zero-order valence-electron chi connectivity index (χ0n) is 7.22. The molecule has 0 aliphatic carbocycles. The summed E-state index contributed by atoms with van der Waals surface area (Å²) in [5, 5.41) is 9.16. The molecule has 0 spiro atoms. The summed E-state index contributed by atoms with van der Waals surface area (Å²) in [5.74, 6) is -1.07. The Labute approximate surface area is 83.2 Å². The summed E-state index contributed by atoms with van der Waals surface area (Å²) in [6, 6.07) is 2.94. The predicted octanol–water partition coefficient (Wildman–Crippen LogP) is 1.64. The molecule has 1 N–H and O–H groups in total. The van der Waals surface area contributed by atoms with E-state index in [0.717, 1.165) is 0 Å². The second-order valence-corrected chi connectivity index (χ2v) is 3.26. The molecule has 0 aliphatic rings. The molecular formula is C8H6N2O3S. The van der Waals surface area contributed by atoms with Crippen molar-refractivity contribution in [3.63, 3.8) is 0 Å². The zero-order valence-corrected chi connectivity index (χ0v) is 8.04. The second kappa shape index (κ2) is 3.30. The first-order chi connectivity index (χ1) is 6.70. The summed E-state index contributed by atoms with van der Waals surface area (Å²) in [6.07, 6.45) is 1.82. The van der Waals surface area contributed by atoms with Gasteiger partial charge in [-0.05, 0) is 18.4 Å². The van der Waals surface area contributed by atoms with E-state index in [0.29, 0.717) is 16.5 Å². The van der Waals surface area contributed by atoms with Crippen LogP contribution in [0.1, 0.15) is 10.5 Å². The summed E-state index contributed by atoms with van der Waals surface area (Å²) in [5.41, 5.74) is 0.798. The van der Waals surface area contributed by atoms with Gasteiger partial charge in [-0.3, -0.25) is 0 Å². The molecule has 0 saturated heterocycles. The van der Waals surface area contributed by atoms with Gasteiger partial charge in [-0.15, -0.1) is 0 Å². The quantitative estimate of drug-likeness (QED) is 0.759. The highest BCUT2D eigenvalue weighted by atomic mass is 32.2. The lowest BCUT2D eigenvalue weighted by molar-refractivity contribution is 0.0691. The van der Waals surface area contributed by atoms with E-state index < -0.39 is 5.97 Å². The van der Waals surface area contributed by atoms with E-state index in [-0.39, 0.29) is 5.69 Å². The molecule has 0 saturated carbocycles. The van der Waals surface area contributed by atoms with Gasteiger partial charge < -0.3 is 9.52 Å². The first kappa shape index (κ1) is 9.01. The van der Waals surface area contributed by atoms with Crippen molar-refractivity contribution in [1.29, 1.82) is 0 Å². The molecule has 14 heavy (non-hydrogen) atoms. The minimum atomic E-state index is -1.07. The smallest absolute Gasteiger partial charge is 0.354 e. The van der Waals surface area contributed by atoms with E-state index in [4.69, 9.17) is 9.52 Å². The van der Waals surface area contributed by atoms with Gasteiger partial charge in [-0.25, -0.2) is 9.78 Å². The molecule has 0 unspecified atom stereocenters. The molecule has 0 aromatic carbocycles. The fourth-order valence-electron chi connectivity index (χ4n) is 1.01. The number of rotatable bonds is 2. The highest BCUT2D eigenvalue weighted by Crippen LogP contribution is 2.20. The van der Waals surface area contributed by atoms with E-state index in [9.17, 15) is 4.79 Å². The Kier molecular flexibility index (Phi) is 2.12. The van der Waals surface area contributed by atoms with Crippen molar-refractivity contribution in [2.45, 2.75) is 5.22 Å². The monoisotopic (exact) mass is 210 g/mol. The molecule has 0 bridgehead atoms. The van der Waals surface area contributed by atoms with Crippen LogP contribution in [-0.2, 0) is 0 Å². The molecule has 6 heteroatoms. The number of carbonyl (C=O) groups is 1. The van der Waals surface area contributed by atoms with Crippen molar-refractivity contribution in [1.82, 2.24) is 9.97 Å². The van der Waals surface area contributed by atoms with Crippen LogP contribution in [0, 0.1) is 0 Å². The normalized spacial score (nSPS) is 10.6. The summed E-state index contributed by atoms with van der Waals surface area (Å²) in [6.45, 7) is 0. The Bertz CT molecular complexity index is 494. The molecule has 0 aliphatic heterocycles. The minimum absolute atomic E-state index is 0.0292. The van der Waals surface area contributed by atoms with Crippen molar-refractivity contribution >= 4 is 29.0 Å². The summed E-state index contributed by atoms with van der Waals surface area (Å²) in [7, 11) is 0. The standard InChI is InChI=1S/C8H6N2O3S/c1-14-8-10-6-5(13-8)3-2-4(9-6)7(11)12/h2-3H,1H3,(H,11,12). The molecule has 2 aromatic heterocycles. The lowest BCUT2D eigenvalue weighted by atomic mass is 10.3. The average molecular weight is 210 g/mol. The van der Waals surface area contributed by atoms with Crippen LogP contribution in [0.4, 0.5) is 0 Å². The molecule has 72 valence electrons. The Morgan fingerprint density at radius 1 is 1.50 bits per heavy atom. The van der Waals surface area contributed by atoms with Crippen molar-refractivity contribution in [2.75, 3.05) is 6.26 Å². The van der Waals surface area contributed by atoms with Gasteiger partial charge in [-0.2, -0.15) is 4.98 Å². The number of aromatic carboxylic acids is 1. The number of thioether (sulfide) groups is 1. The first-order valence-corrected chi connectivity index (χ1v) is 4.98. The summed E-state index contributed by atoms with van der Waals surface area (Å²) < 4.78 is 5.25. The first-order valence-electron chi connectivity index (χ1n) is 3.75. The van der Waals surface area contributed by atoms with E-state index in [2.05, 4.69) is 9.97 Å². The molecule has 5 nitrogen and oxygen atoms in total. The highest BCUT2D eigenvalue weighted by molar-refractivity contribution is 7.98. The number of nitrogens with zero attached hydrogens (tertiary/aromatic N) is 2. The maximum Gasteiger partial charge on any atom is 0.354 e. The third-order valence-electron chi connectivity index (χ3n) is 1.63. The van der Waals surface area contributed by atoms with Crippen LogP contribution in [0.25, 0.3) is 11.2 Å². The van der Waals surface area contributed by atoms with Crippen LogP contribution < -0.4 is 0 Å². The van der Waals surface area contributed by atoms with Crippen molar-refractivity contribution in [3.05, 3.63) is 17.8 Å². The Balaban J connectivity index is 2.59. The number of hydrogen-bond donors (Lipinski definition) is 1. The number of carboxylic acids is 1. The fourth-order valence-corrected chi connectivity index (χ4v) is 1.36. The Morgan fingerprint density at radius 3 is 2.93 bits per heavy atom. The van der Waals surface area contributed by atoms with Crippen LogP contribution in [0.3, 0.4) is 0 Å². The predicted molar refractivity (Wildman–Crippen MR) is 50.5 cm³/mol. The van der Waals surface area contributed by atoms with Crippen molar-refractivity contribution in [3.8, 4) is 0 Å². The van der Waals surface area contributed by atoms with Gasteiger partial charge in [0, 0.05) is 0 Å². The molecule has 2 heterocycles. The van der Waals surface area contributed by atoms with Gasteiger partial charge in [-0.1, -0.05) is 11.8 Å². The number of pyridine rings is 1. The molecule has 0 radical (unpaired) electrons. The Morgan fingerprint density at radius 2 is 2.29 bits per heavy atom. The Hall–Kier alpha value is -1.56. The van der Waals surface area contributed by atoms with E-state index in [1.165, 1.54) is 17.8 Å². The number of oxazole rings is 1. The summed E-state index contributed by atoms with van der Waals surface area (Å²) in [4.78, 5) is 18.4.